The highest BCUT2D eigenvalue weighted by Gasteiger charge is 2.22. The SMILES string of the molecule is CCOCCOC(=O)CCC(=O)C(C)OC(=O)C(C)OC. The first-order valence-corrected chi connectivity index (χ1v) is 6.91. The summed E-state index contributed by atoms with van der Waals surface area (Å²) in [5, 5.41) is 0. The smallest absolute Gasteiger partial charge is 0.335 e. The van der Waals surface area contributed by atoms with Gasteiger partial charge in [-0.25, -0.2) is 4.79 Å². The Labute approximate surface area is 124 Å². The summed E-state index contributed by atoms with van der Waals surface area (Å²) in [5.41, 5.74) is 0. The summed E-state index contributed by atoms with van der Waals surface area (Å²) in [6.07, 6.45) is -1.73. The lowest BCUT2D eigenvalue weighted by molar-refractivity contribution is -0.163. The zero-order valence-corrected chi connectivity index (χ0v) is 13.0. The molecule has 21 heavy (non-hydrogen) atoms. The van der Waals surface area contributed by atoms with Gasteiger partial charge in [-0.05, 0) is 20.8 Å². The van der Waals surface area contributed by atoms with E-state index < -0.39 is 24.1 Å². The number of ketones is 1. The topological polar surface area (TPSA) is 88.1 Å². The Kier molecular flexibility index (Phi) is 10.4. The van der Waals surface area contributed by atoms with Gasteiger partial charge in [-0.2, -0.15) is 0 Å². The number of rotatable bonds is 11. The average Bonchev–Trinajstić information content (AvgIpc) is 2.47. The molecule has 0 aliphatic rings. The summed E-state index contributed by atoms with van der Waals surface area (Å²) in [4.78, 5) is 34.5. The van der Waals surface area contributed by atoms with Gasteiger partial charge in [0.1, 0.15) is 6.61 Å². The van der Waals surface area contributed by atoms with Crippen LogP contribution in [0.1, 0.15) is 33.6 Å². The highest BCUT2D eigenvalue weighted by Crippen LogP contribution is 2.04. The van der Waals surface area contributed by atoms with Gasteiger partial charge in [0.25, 0.3) is 0 Å². The van der Waals surface area contributed by atoms with E-state index >= 15 is 0 Å². The molecule has 0 saturated heterocycles. The van der Waals surface area contributed by atoms with Crippen molar-refractivity contribution < 1.29 is 33.3 Å². The number of ether oxygens (including phenoxy) is 4. The van der Waals surface area contributed by atoms with E-state index in [2.05, 4.69) is 0 Å². The minimum atomic E-state index is -0.911. The van der Waals surface area contributed by atoms with E-state index in [0.717, 1.165) is 0 Å². The van der Waals surface area contributed by atoms with Crippen molar-refractivity contribution in [3.05, 3.63) is 0 Å². The molecule has 2 atom stereocenters. The Balaban J connectivity index is 3.91. The van der Waals surface area contributed by atoms with E-state index in [1.54, 1.807) is 0 Å². The number of carbonyl (C=O) groups is 3. The zero-order chi connectivity index (χ0) is 16.3. The molecule has 0 aliphatic heterocycles. The molecule has 0 aromatic rings. The third-order valence-electron chi connectivity index (χ3n) is 2.70. The molecule has 122 valence electrons. The molecule has 0 radical (unpaired) electrons. The van der Waals surface area contributed by atoms with Crippen molar-refractivity contribution in [2.24, 2.45) is 0 Å². The van der Waals surface area contributed by atoms with E-state index in [-0.39, 0.29) is 25.2 Å². The fourth-order valence-corrected chi connectivity index (χ4v) is 1.29. The maximum Gasteiger partial charge on any atom is 0.335 e. The molecule has 0 amide bonds. The summed E-state index contributed by atoms with van der Waals surface area (Å²) in [6, 6.07) is 0. The highest BCUT2D eigenvalue weighted by molar-refractivity contribution is 5.88. The number of esters is 2. The predicted octanol–water partition coefficient (Wildman–Crippen LogP) is 0.882. The van der Waals surface area contributed by atoms with Crippen LogP contribution in [0.5, 0.6) is 0 Å². The second-order valence-electron chi connectivity index (χ2n) is 4.34. The van der Waals surface area contributed by atoms with E-state index in [0.29, 0.717) is 13.2 Å². The van der Waals surface area contributed by atoms with Gasteiger partial charge in [-0.15, -0.1) is 0 Å². The Hall–Kier alpha value is -1.47. The molecule has 7 heteroatoms. The standard InChI is InChI=1S/C14H24O7/c1-5-19-8-9-20-13(16)7-6-12(15)10(2)21-14(17)11(3)18-4/h10-11H,5-9H2,1-4H3. The van der Waals surface area contributed by atoms with E-state index in [9.17, 15) is 14.4 Å². The van der Waals surface area contributed by atoms with Crippen LogP contribution in [-0.2, 0) is 33.3 Å². The molecule has 0 N–H and O–H groups in total. The van der Waals surface area contributed by atoms with Crippen LogP contribution in [0, 0.1) is 0 Å². The van der Waals surface area contributed by atoms with Crippen LogP contribution in [0.2, 0.25) is 0 Å². The Morgan fingerprint density at radius 2 is 1.67 bits per heavy atom. The van der Waals surface area contributed by atoms with Gasteiger partial charge in [0, 0.05) is 20.1 Å². The first-order valence-electron chi connectivity index (χ1n) is 6.91. The summed E-state index contributed by atoms with van der Waals surface area (Å²) in [5.74, 6) is -1.43. The van der Waals surface area contributed by atoms with E-state index in [4.69, 9.17) is 18.9 Å². The fourth-order valence-electron chi connectivity index (χ4n) is 1.29. The van der Waals surface area contributed by atoms with Crippen molar-refractivity contribution in [3.63, 3.8) is 0 Å². The number of methoxy groups -OCH3 is 1. The van der Waals surface area contributed by atoms with Crippen molar-refractivity contribution in [2.45, 2.75) is 45.8 Å². The van der Waals surface area contributed by atoms with Crippen molar-refractivity contribution in [2.75, 3.05) is 26.9 Å². The van der Waals surface area contributed by atoms with Gasteiger partial charge in [0.05, 0.1) is 13.0 Å². The minimum Gasteiger partial charge on any atom is -0.463 e. The number of hydrogen-bond acceptors (Lipinski definition) is 7. The van der Waals surface area contributed by atoms with Crippen molar-refractivity contribution in [1.82, 2.24) is 0 Å². The summed E-state index contributed by atoms with van der Waals surface area (Å²) < 4.78 is 19.6. The number of hydrogen-bond donors (Lipinski definition) is 0. The number of carbonyl (C=O) groups excluding carboxylic acids is 3. The molecule has 0 saturated carbocycles. The van der Waals surface area contributed by atoms with Gasteiger partial charge in [-0.3, -0.25) is 9.59 Å². The fraction of sp³-hybridized carbons (Fsp3) is 0.786. The molecule has 0 heterocycles. The van der Waals surface area contributed by atoms with E-state index in [1.807, 2.05) is 6.92 Å². The normalized spacial score (nSPS) is 13.3. The molecule has 0 spiro atoms. The minimum absolute atomic E-state index is 0.0384. The molecule has 0 aromatic carbocycles. The Bertz CT molecular complexity index is 340. The van der Waals surface area contributed by atoms with Gasteiger partial charge in [0.15, 0.2) is 18.0 Å². The van der Waals surface area contributed by atoms with Crippen LogP contribution in [0.15, 0.2) is 0 Å². The zero-order valence-electron chi connectivity index (χ0n) is 13.0. The maximum absolute atomic E-state index is 11.7. The van der Waals surface area contributed by atoms with Gasteiger partial charge < -0.3 is 18.9 Å². The molecule has 2 unspecified atom stereocenters. The van der Waals surface area contributed by atoms with Crippen molar-refractivity contribution >= 4 is 17.7 Å². The molecule has 0 aromatic heterocycles. The van der Waals surface area contributed by atoms with E-state index in [1.165, 1.54) is 21.0 Å². The van der Waals surface area contributed by atoms with Crippen LogP contribution >= 0.6 is 0 Å². The second kappa shape index (κ2) is 11.2. The van der Waals surface area contributed by atoms with Crippen LogP contribution in [-0.4, -0.2) is 56.9 Å². The lowest BCUT2D eigenvalue weighted by atomic mass is 10.1. The summed E-state index contributed by atoms with van der Waals surface area (Å²) >= 11 is 0. The first kappa shape index (κ1) is 19.5. The van der Waals surface area contributed by atoms with Crippen molar-refractivity contribution in [3.8, 4) is 0 Å². The highest BCUT2D eigenvalue weighted by atomic mass is 16.6. The second-order valence-corrected chi connectivity index (χ2v) is 4.34. The van der Waals surface area contributed by atoms with Gasteiger partial charge in [0.2, 0.25) is 0 Å². The molecule has 7 nitrogen and oxygen atoms in total. The van der Waals surface area contributed by atoms with Gasteiger partial charge >= 0.3 is 11.9 Å². The van der Waals surface area contributed by atoms with Crippen LogP contribution in [0.3, 0.4) is 0 Å². The third-order valence-corrected chi connectivity index (χ3v) is 2.70. The monoisotopic (exact) mass is 304 g/mol. The quantitative estimate of drug-likeness (QED) is 0.413. The predicted molar refractivity (Wildman–Crippen MR) is 73.7 cm³/mol. The molecule has 0 rings (SSSR count). The lowest BCUT2D eigenvalue weighted by Crippen LogP contribution is -2.30. The first-order chi connectivity index (χ1) is 9.92. The van der Waals surface area contributed by atoms with Crippen LogP contribution in [0.25, 0.3) is 0 Å². The molecule has 0 aliphatic carbocycles. The summed E-state index contributed by atoms with van der Waals surface area (Å²) in [6.45, 7) is 5.88. The molecular formula is C14H24O7. The average molecular weight is 304 g/mol. The summed E-state index contributed by atoms with van der Waals surface area (Å²) in [7, 11) is 1.37. The lowest BCUT2D eigenvalue weighted by Gasteiger charge is -2.15. The third kappa shape index (κ3) is 9.14. The molecular weight excluding hydrogens is 280 g/mol. The largest absolute Gasteiger partial charge is 0.463 e. The van der Waals surface area contributed by atoms with Crippen molar-refractivity contribution in [1.29, 1.82) is 0 Å². The van der Waals surface area contributed by atoms with Gasteiger partial charge in [-0.1, -0.05) is 0 Å². The van der Waals surface area contributed by atoms with Crippen LogP contribution in [0.4, 0.5) is 0 Å². The molecule has 0 fully saturated rings. The Morgan fingerprint density at radius 3 is 2.24 bits per heavy atom. The van der Waals surface area contributed by atoms with Crippen LogP contribution < -0.4 is 0 Å². The number of Topliss-reactive ketones (excluding diaryl/α,β-unsaturated/α-hetero) is 1. The molecule has 0 bridgehead atoms. The Morgan fingerprint density at radius 1 is 1.00 bits per heavy atom. The maximum atomic E-state index is 11.7.